The second kappa shape index (κ2) is 41.1. The summed E-state index contributed by atoms with van der Waals surface area (Å²) < 4.78 is 52.6. The van der Waals surface area contributed by atoms with Gasteiger partial charge in [0.15, 0.2) is 0 Å². The molecule has 0 spiro atoms. The van der Waals surface area contributed by atoms with Gasteiger partial charge in [0, 0.05) is 82.1 Å². The van der Waals surface area contributed by atoms with Crippen LogP contribution in [0.2, 0.25) is 0 Å². The fourth-order valence-electron chi connectivity index (χ4n) is 12.1. The SMILES string of the molecule is CC1CC(F)(F)CCC1NC(=O)NCCCCc1ccccc1.CC1CC(N)CCC1NC(=O)NCCCCc1ccccc1.CC1CC(O)CCC1NC(=O)NCCCCc1ccccc1.O=C(NCCCCc1ccccc1)NC1CCC(F)(F)CC1. The summed E-state index contributed by atoms with van der Waals surface area (Å²) >= 11 is 0. The number of halogens is 4. The van der Waals surface area contributed by atoms with Gasteiger partial charge >= 0.3 is 24.1 Å². The van der Waals surface area contributed by atoms with Crippen molar-refractivity contribution in [1.29, 1.82) is 0 Å². The molecule has 89 heavy (non-hydrogen) atoms. The first-order valence-electron chi connectivity index (χ1n) is 33.3. The highest BCUT2D eigenvalue weighted by Gasteiger charge is 2.40. The molecule has 4 aromatic carbocycles. The second-order valence-electron chi connectivity index (χ2n) is 25.4. The van der Waals surface area contributed by atoms with E-state index in [4.69, 9.17) is 5.73 Å². The van der Waals surface area contributed by atoms with Crippen molar-refractivity contribution in [2.24, 2.45) is 23.5 Å². The number of rotatable bonds is 24. The zero-order valence-electron chi connectivity index (χ0n) is 53.4. The van der Waals surface area contributed by atoms with Gasteiger partial charge in [-0.05, 0) is 175 Å². The zero-order chi connectivity index (χ0) is 64.1. The molecule has 14 nitrogen and oxygen atoms in total. The van der Waals surface area contributed by atoms with Crippen molar-refractivity contribution in [2.75, 3.05) is 26.2 Å². The molecule has 11 N–H and O–H groups in total. The Morgan fingerprint density at radius 3 is 1.09 bits per heavy atom. The quantitative estimate of drug-likeness (QED) is 0.0243. The summed E-state index contributed by atoms with van der Waals surface area (Å²) in [5.74, 6) is -4.51. The summed E-state index contributed by atoms with van der Waals surface area (Å²) in [6.45, 7) is 8.70. The van der Waals surface area contributed by atoms with Crippen LogP contribution in [0, 0.1) is 17.8 Å². The summed E-state index contributed by atoms with van der Waals surface area (Å²) in [6, 6.07) is 41.2. The number of nitrogens with one attached hydrogen (secondary N) is 8. The van der Waals surface area contributed by atoms with Crippen molar-refractivity contribution in [2.45, 2.75) is 229 Å². The summed E-state index contributed by atoms with van der Waals surface area (Å²) in [5, 5.41) is 32.9. The monoisotopic (exact) mass is 1240 g/mol. The third-order valence-corrected chi connectivity index (χ3v) is 17.6. The van der Waals surface area contributed by atoms with E-state index in [1.165, 1.54) is 22.3 Å². The lowest BCUT2D eigenvalue weighted by molar-refractivity contribution is -0.0572. The van der Waals surface area contributed by atoms with Gasteiger partial charge in [0.1, 0.15) is 0 Å². The van der Waals surface area contributed by atoms with Gasteiger partial charge < -0.3 is 53.4 Å². The van der Waals surface area contributed by atoms with Crippen LogP contribution in [0.3, 0.4) is 0 Å². The third kappa shape index (κ3) is 32.3. The lowest BCUT2D eigenvalue weighted by Gasteiger charge is -2.34. The molecule has 4 saturated carbocycles. The van der Waals surface area contributed by atoms with Crippen molar-refractivity contribution in [3.05, 3.63) is 144 Å². The highest BCUT2D eigenvalue weighted by atomic mass is 19.3. The molecule has 0 radical (unpaired) electrons. The van der Waals surface area contributed by atoms with Crippen LogP contribution in [0.1, 0.15) is 178 Å². The lowest BCUT2D eigenvalue weighted by atomic mass is 9.83. The van der Waals surface area contributed by atoms with E-state index >= 15 is 0 Å². The number of aryl methyl sites for hydroxylation is 4. The van der Waals surface area contributed by atoms with E-state index in [0.29, 0.717) is 56.8 Å². The minimum absolute atomic E-state index is 0.0352. The van der Waals surface area contributed by atoms with E-state index in [1.54, 1.807) is 6.92 Å². The molecule has 18 heteroatoms. The fourth-order valence-corrected chi connectivity index (χ4v) is 12.1. The van der Waals surface area contributed by atoms with E-state index < -0.39 is 11.8 Å². The average Bonchev–Trinajstić information content (AvgIpc) is 3.72. The molecular weight excluding hydrogens is 1130 g/mol. The minimum Gasteiger partial charge on any atom is -0.393 e. The number of benzene rings is 4. The van der Waals surface area contributed by atoms with Crippen LogP contribution >= 0.6 is 0 Å². The number of hydrogen-bond donors (Lipinski definition) is 10. The molecular formula is C71H107F4N9O5. The number of unbranched alkanes of at least 4 members (excludes halogenated alkanes) is 4. The Morgan fingerprint density at radius 2 is 0.742 bits per heavy atom. The first-order valence-corrected chi connectivity index (χ1v) is 33.3. The maximum Gasteiger partial charge on any atom is 0.315 e. The number of hydrogen-bond acceptors (Lipinski definition) is 6. The number of aliphatic hydroxyl groups excluding tert-OH is 1. The summed E-state index contributed by atoms with van der Waals surface area (Å²) in [5.41, 5.74) is 11.3. The highest BCUT2D eigenvalue weighted by Crippen LogP contribution is 2.37. The van der Waals surface area contributed by atoms with Gasteiger partial charge in [0.05, 0.1) is 6.10 Å². The summed E-state index contributed by atoms with van der Waals surface area (Å²) in [7, 11) is 0. The molecule has 8 amide bonds. The van der Waals surface area contributed by atoms with Gasteiger partial charge in [-0.15, -0.1) is 0 Å². The number of amides is 8. The summed E-state index contributed by atoms with van der Waals surface area (Å²) in [6.07, 6.45) is 17.9. The molecule has 0 heterocycles. The van der Waals surface area contributed by atoms with E-state index in [9.17, 15) is 41.8 Å². The number of carbonyl (C=O) groups is 4. The van der Waals surface area contributed by atoms with Crippen molar-refractivity contribution in [3.8, 4) is 0 Å². The normalized spacial score (nSPS) is 22.7. The molecule has 4 aromatic rings. The molecule has 4 fully saturated rings. The van der Waals surface area contributed by atoms with Gasteiger partial charge in [-0.1, -0.05) is 142 Å². The lowest BCUT2D eigenvalue weighted by Crippen LogP contribution is -2.49. The van der Waals surface area contributed by atoms with Crippen LogP contribution in [0.4, 0.5) is 36.7 Å². The van der Waals surface area contributed by atoms with Gasteiger partial charge in [-0.2, -0.15) is 0 Å². The van der Waals surface area contributed by atoms with Crippen LogP contribution in [0.5, 0.6) is 0 Å². The maximum absolute atomic E-state index is 13.3. The van der Waals surface area contributed by atoms with Crippen LogP contribution < -0.4 is 48.3 Å². The van der Waals surface area contributed by atoms with Gasteiger partial charge in [0.25, 0.3) is 0 Å². The summed E-state index contributed by atoms with van der Waals surface area (Å²) in [4.78, 5) is 47.3. The van der Waals surface area contributed by atoms with Gasteiger partial charge in [0.2, 0.25) is 11.8 Å². The Hall–Kier alpha value is -6.40. The van der Waals surface area contributed by atoms with Crippen molar-refractivity contribution in [3.63, 3.8) is 0 Å². The molecule has 4 aliphatic rings. The molecule has 8 rings (SSSR count). The fraction of sp³-hybridized carbons (Fsp3) is 0.606. The smallest absolute Gasteiger partial charge is 0.315 e. The van der Waals surface area contributed by atoms with Crippen LogP contribution in [0.25, 0.3) is 0 Å². The first kappa shape index (κ1) is 73.3. The molecule has 8 atom stereocenters. The highest BCUT2D eigenvalue weighted by molar-refractivity contribution is 5.75. The zero-order valence-corrected chi connectivity index (χ0v) is 53.4. The Balaban J connectivity index is 0.000000216. The number of nitrogens with two attached hydrogens (primary N) is 1. The second-order valence-corrected chi connectivity index (χ2v) is 25.4. The van der Waals surface area contributed by atoms with E-state index in [-0.39, 0.29) is 86.0 Å². The molecule has 4 aliphatic carbocycles. The molecule has 0 bridgehead atoms. The third-order valence-electron chi connectivity index (χ3n) is 17.6. The van der Waals surface area contributed by atoms with Crippen molar-refractivity contribution in [1.82, 2.24) is 42.5 Å². The number of carbonyl (C=O) groups excluding carboxylic acids is 4. The van der Waals surface area contributed by atoms with Gasteiger partial charge in [-0.25, -0.2) is 36.7 Å². The molecule has 0 aliphatic heterocycles. The van der Waals surface area contributed by atoms with Crippen molar-refractivity contribution < 1.29 is 41.8 Å². The van der Waals surface area contributed by atoms with Crippen LogP contribution in [-0.2, 0) is 25.7 Å². The topological polar surface area (TPSA) is 211 Å². The number of aliphatic hydroxyl groups is 1. The Morgan fingerprint density at radius 1 is 0.416 bits per heavy atom. The largest absolute Gasteiger partial charge is 0.393 e. The first-order chi connectivity index (χ1) is 42.8. The number of alkyl halides is 4. The van der Waals surface area contributed by atoms with E-state index in [2.05, 4.69) is 129 Å². The van der Waals surface area contributed by atoms with Gasteiger partial charge in [-0.3, -0.25) is 0 Å². The minimum atomic E-state index is -2.58. The van der Waals surface area contributed by atoms with Crippen LogP contribution in [0.15, 0.2) is 121 Å². The predicted molar refractivity (Wildman–Crippen MR) is 350 cm³/mol. The molecule has 0 saturated heterocycles. The average molecular weight is 1240 g/mol. The molecule has 8 unspecified atom stereocenters. The van der Waals surface area contributed by atoms with Crippen LogP contribution in [-0.4, -0.2) is 104 Å². The van der Waals surface area contributed by atoms with Crippen molar-refractivity contribution >= 4 is 24.1 Å². The van der Waals surface area contributed by atoms with E-state index in [0.717, 1.165) is 122 Å². The molecule has 494 valence electrons. The predicted octanol–water partition coefficient (Wildman–Crippen LogP) is 13.7. The number of urea groups is 4. The van der Waals surface area contributed by atoms with E-state index in [1.807, 2.05) is 48.5 Å². The Labute approximate surface area is 529 Å². The molecule has 0 aromatic heterocycles. The Bertz CT molecular complexity index is 2470. The standard InChI is InChI=1S/C18H26F2N2O.C18H29N3O.C18H28N2O2.C17H24F2N2O/c1-14-13-18(19,20)11-10-16(14)22-17(23)21-12-6-5-9-15-7-3-2-4-8-15;1-14-13-16(19)10-11-17(14)21-18(22)20-12-6-5-9-15-7-3-2-4-8-15;1-14-13-16(21)10-11-17(14)20-18(22)19-12-6-5-9-15-7-3-2-4-8-15;18-17(19)11-9-15(10-12-17)21-16(22)20-13-5-4-8-14-6-2-1-3-7-14/h2-4,7-8,14,16H,5-6,9-13H2,1H3,(H2,21,22,23);2-4,7-8,14,16-17H,5-6,9-13,19H2,1H3,(H2,20,21,22);2-4,7-8,14,16-17,21H,5-6,9-13H2,1H3,(H2,19,20,22);1-3,6-7,15H,4-5,8-13H2,(H2,20,21,22). The maximum atomic E-state index is 13.3. The Kier molecular flexibility index (Phi) is 33.8.